The van der Waals surface area contributed by atoms with Crippen molar-refractivity contribution in [2.24, 2.45) is 0 Å². The van der Waals surface area contributed by atoms with Gasteiger partial charge in [0, 0.05) is 24.2 Å². The minimum Gasteiger partial charge on any atom is -0.358 e. The lowest BCUT2D eigenvalue weighted by molar-refractivity contribution is -0.121. The van der Waals surface area contributed by atoms with Crippen LogP contribution in [0.4, 0.5) is 5.82 Å². The van der Waals surface area contributed by atoms with E-state index < -0.39 is 0 Å². The standard InChI is InChI=1S/C18H19N5O/c24-18-14(8-4-5-10-19-18)21-17-12-15(13-6-2-1-3-7-13)22-16-9-11-20-23(16)17/h1-3,6-7,9,11-12,14,21H,4-5,8,10H2,(H,19,24)/t14-/m1/s1. The number of hydrogen-bond donors (Lipinski definition) is 2. The lowest BCUT2D eigenvalue weighted by Gasteiger charge is -2.18. The number of fused-ring (bicyclic) bond motifs is 1. The Labute approximate surface area is 139 Å². The van der Waals surface area contributed by atoms with Crippen LogP contribution in [0.25, 0.3) is 16.9 Å². The van der Waals surface area contributed by atoms with Crippen molar-refractivity contribution in [1.82, 2.24) is 19.9 Å². The van der Waals surface area contributed by atoms with Gasteiger partial charge in [-0.25, -0.2) is 4.98 Å². The number of hydrogen-bond acceptors (Lipinski definition) is 4. The molecule has 1 amide bonds. The molecule has 2 aromatic heterocycles. The van der Waals surface area contributed by atoms with E-state index in [1.165, 1.54) is 0 Å². The van der Waals surface area contributed by atoms with Gasteiger partial charge in [-0.3, -0.25) is 4.79 Å². The van der Waals surface area contributed by atoms with Gasteiger partial charge >= 0.3 is 0 Å². The Bertz CT molecular complexity index is 858. The number of nitrogens with one attached hydrogen (secondary N) is 2. The molecule has 2 N–H and O–H groups in total. The molecule has 0 bridgehead atoms. The molecule has 1 fully saturated rings. The minimum absolute atomic E-state index is 0.0471. The molecule has 0 aliphatic carbocycles. The molecule has 1 saturated heterocycles. The fraction of sp³-hybridized carbons (Fsp3) is 0.278. The maximum atomic E-state index is 12.2. The van der Waals surface area contributed by atoms with Crippen molar-refractivity contribution in [3.05, 3.63) is 48.7 Å². The molecular formula is C18H19N5O. The van der Waals surface area contributed by atoms with E-state index in [1.54, 1.807) is 10.7 Å². The molecule has 0 saturated carbocycles. The Kier molecular flexibility index (Phi) is 3.86. The molecule has 0 spiro atoms. The van der Waals surface area contributed by atoms with Crippen molar-refractivity contribution in [2.45, 2.75) is 25.3 Å². The highest BCUT2D eigenvalue weighted by Gasteiger charge is 2.21. The van der Waals surface area contributed by atoms with Crippen LogP contribution in [0, 0.1) is 0 Å². The quantitative estimate of drug-likeness (QED) is 0.777. The van der Waals surface area contributed by atoms with E-state index in [2.05, 4.69) is 20.7 Å². The van der Waals surface area contributed by atoms with Gasteiger partial charge in [-0.15, -0.1) is 0 Å². The third kappa shape index (κ3) is 2.82. The maximum absolute atomic E-state index is 12.2. The average molecular weight is 321 g/mol. The van der Waals surface area contributed by atoms with Gasteiger partial charge < -0.3 is 10.6 Å². The molecule has 24 heavy (non-hydrogen) atoms. The molecule has 1 aliphatic heterocycles. The number of amides is 1. The van der Waals surface area contributed by atoms with Gasteiger partial charge in [0.05, 0.1) is 11.9 Å². The minimum atomic E-state index is -0.245. The second-order valence-corrected chi connectivity index (χ2v) is 5.98. The van der Waals surface area contributed by atoms with Crippen LogP contribution in [0.1, 0.15) is 19.3 Å². The average Bonchev–Trinajstić information content (AvgIpc) is 3.01. The number of carbonyl (C=O) groups excluding carboxylic acids is 1. The summed E-state index contributed by atoms with van der Waals surface area (Å²) in [4.78, 5) is 16.9. The summed E-state index contributed by atoms with van der Waals surface area (Å²) in [7, 11) is 0. The van der Waals surface area contributed by atoms with Gasteiger partial charge in [0.1, 0.15) is 11.9 Å². The first kappa shape index (κ1) is 14.7. The third-order valence-corrected chi connectivity index (χ3v) is 4.29. The first-order chi connectivity index (χ1) is 11.8. The molecule has 122 valence electrons. The van der Waals surface area contributed by atoms with Crippen molar-refractivity contribution in [2.75, 3.05) is 11.9 Å². The van der Waals surface area contributed by atoms with E-state index in [9.17, 15) is 4.79 Å². The molecule has 4 rings (SSSR count). The Morgan fingerprint density at radius 2 is 2.04 bits per heavy atom. The molecular weight excluding hydrogens is 302 g/mol. The number of carbonyl (C=O) groups is 1. The van der Waals surface area contributed by atoms with Gasteiger partial charge in [-0.05, 0) is 19.3 Å². The largest absolute Gasteiger partial charge is 0.358 e. The second-order valence-electron chi connectivity index (χ2n) is 5.98. The Morgan fingerprint density at radius 3 is 2.92 bits per heavy atom. The summed E-state index contributed by atoms with van der Waals surface area (Å²) >= 11 is 0. The van der Waals surface area contributed by atoms with E-state index in [4.69, 9.17) is 0 Å². The second kappa shape index (κ2) is 6.31. The Hall–Kier alpha value is -2.89. The van der Waals surface area contributed by atoms with Crippen LogP contribution in [0.5, 0.6) is 0 Å². The molecule has 6 heteroatoms. The monoisotopic (exact) mass is 321 g/mol. The molecule has 0 unspecified atom stereocenters. The predicted octanol–water partition coefficient (Wildman–Crippen LogP) is 2.48. The summed E-state index contributed by atoms with van der Waals surface area (Å²) in [6, 6.07) is 13.6. The number of anilines is 1. The zero-order valence-corrected chi connectivity index (χ0v) is 13.3. The molecule has 3 heterocycles. The maximum Gasteiger partial charge on any atom is 0.242 e. The highest BCUT2D eigenvalue weighted by Crippen LogP contribution is 2.23. The SMILES string of the molecule is O=C1NCCCC[C@H]1Nc1cc(-c2ccccc2)nc2ccnn12. The predicted molar refractivity (Wildman–Crippen MR) is 92.7 cm³/mol. The summed E-state index contributed by atoms with van der Waals surface area (Å²) in [5.41, 5.74) is 2.66. The normalized spacial score (nSPS) is 18.2. The van der Waals surface area contributed by atoms with Gasteiger partial charge in [0.15, 0.2) is 5.65 Å². The fourth-order valence-electron chi connectivity index (χ4n) is 3.03. The van der Waals surface area contributed by atoms with Crippen LogP contribution in [0.2, 0.25) is 0 Å². The summed E-state index contributed by atoms with van der Waals surface area (Å²) < 4.78 is 1.74. The lowest BCUT2D eigenvalue weighted by Crippen LogP contribution is -2.38. The van der Waals surface area contributed by atoms with Gasteiger partial charge in [-0.1, -0.05) is 30.3 Å². The number of benzene rings is 1. The molecule has 1 atom stereocenters. The summed E-state index contributed by atoms with van der Waals surface area (Å²) in [5, 5.41) is 10.6. The van der Waals surface area contributed by atoms with Crippen LogP contribution >= 0.6 is 0 Å². The zero-order chi connectivity index (χ0) is 16.4. The van der Waals surface area contributed by atoms with Gasteiger partial charge in [0.25, 0.3) is 0 Å². The van der Waals surface area contributed by atoms with Crippen molar-refractivity contribution in [1.29, 1.82) is 0 Å². The van der Waals surface area contributed by atoms with Crippen LogP contribution in [0.15, 0.2) is 48.7 Å². The topological polar surface area (TPSA) is 71.3 Å². The van der Waals surface area contributed by atoms with E-state index in [0.717, 1.165) is 48.5 Å². The van der Waals surface area contributed by atoms with E-state index >= 15 is 0 Å². The molecule has 1 aliphatic rings. The van der Waals surface area contributed by atoms with Crippen LogP contribution in [-0.4, -0.2) is 33.1 Å². The van der Waals surface area contributed by atoms with Crippen molar-refractivity contribution >= 4 is 17.4 Å². The van der Waals surface area contributed by atoms with Crippen LogP contribution in [-0.2, 0) is 4.79 Å². The van der Waals surface area contributed by atoms with Crippen LogP contribution < -0.4 is 10.6 Å². The molecule has 3 aromatic rings. The van der Waals surface area contributed by atoms with Gasteiger partial charge in [0.2, 0.25) is 5.91 Å². The highest BCUT2D eigenvalue weighted by atomic mass is 16.2. The number of nitrogens with zero attached hydrogens (tertiary/aromatic N) is 3. The molecule has 0 radical (unpaired) electrons. The van der Waals surface area contributed by atoms with E-state index in [-0.39, 0.29) is 11.9 Å². The molecule has 6 nitrogen and oxygen atoms in total. The van der Waals surface area contributed by atoms with Crippen molar-refractivity contribution < 1.29 is 4.79 Å². The van der Waals surface area contributed by atoms with Crippen molar-refractivity contribution in [3.8, 4) is 11.3 Å². The highest BCUT2D eigenvalue weighted by molar-refractivity contribution is 5.85. The number of rotatable bonds is 3. The van der Waals surface area contributed by atoms with E-state index in [0.29, 0.717) is 0 Å². The molecule has 1 aromatic carbocycles. The Balaban J connectivity index is 1.73. The summed E-state index contributed by atoms with van der Waals surface area (Å²) in [6.07, 6.45) is 4.58. The smallest absolute Gasteiger partial charge is 0.242 e. The number of aromatic nitrogens is 3. The lowest BCUT2D eigenvalue weighted by atomic mass is 10.1. The van der Waals surface area contributed by atoms with Crippen molar-refractivity contribution in [3.63, 3.8) is 0 Å². The van der Waals surface area contributed by atoms with Gasteiger partial charge in [-0.2, -0.15) is 9.61 Å². The zero-order valence-electron chi connectivity index (χ0n) is 13.3. The summed E-state index contributed by atoms with van der Waals surface area (Å²) in [6.45, 7) is 0.750. The fourth-order valence-corrected chi connectivity index (χ4v) is 3.03. The first-order valence-corrected chi connectivity index (χ1v) is 8.26. The first-order valence-electron chi connectivity index (χ1n) is 8.26. The van der Waals surface area contributed by atoms with Crippen LogP contribution in [0.3, 0.4) is 0 Å². The Morgan fingerprint density at radius 1 is 1.17 bits per heavy atom. The van der Waals surface area contributed by atoms with E-state index in [1.807, 2.05) is 42.5 Å². The third-order valence-electron chi connectivity index (χ3n) is 4.29. The summed E-state index contributed by atoms with van der Waals surface area (Å²) in [5.74, 6) is 0.830.